The lowest BCUT2D eigenvalue weighted by atomic mass is 9.95. The fourth-order valence-electron chi connectivity index (χ4n) is 5.42. The van der Waals surface area contributed by atoms with Crippen LogP contribution in [0.3, 0.4) is 0 Å². The zero-order valence-corrected chi connectivity index (χ0v) is 20.1. The van der Waals surface area contributed by atoms with Crippen LogP contribution in [0.2, 0.25) is 0 Å². The number of hydrogen-bond acceptors (Lipinski definition) is 5. The zero-order chi connectivity index (χ0) is 25.1. The Morgan fingerprint density at radius 1 is 1.09 bits per heavy atom. The Morgan fingerprint density at radius 3 is 2.37 bits per heavy atom. The molecule has 1 heterocycles. The number of hydrogen-bond donors (Lipinski definition) is 2. The Balaban J connectivity index is 1.78. The largest absolute Gasteiger partial charge is 0.480 e. The van der Waals surface area contributed by atoms with E-state index >= 15 is 4.39 Å². The Morgan fingerprint density at radius 2 is 1.74 bits per heavy atom. The first kappa shape index (κ1) is 24.9. The number of benzene rings is 1. The van der Waals surface area contributed by atoms with Gasteiger partial charge in [0.15, 0.2) is 0 Å². The number of nitrogens with one attached hydrogen (secondary N) is 1. The van der Waals surface area contributed by atoms with Gasteiger partial charge in [0.05, 0.1) is 16.6 Å². The maximum Gasteiger partial charge on any atom is 0.331 e. The molecule has 2 fully saturated rings. The number of carboxylic acid groups (broad SMARTS) is 1. The van der Waals surface area contributed by atoms with Crippen molar-refractivity contribution in [2.45, 2.75) is 83.3 Å². The van der Waals surface area contributed by atoms with E-state index in [1.807, 2.05) is 0 Å². The van der Waals surface area contributed by atoms with Gasteiger partial charge in [-0.3, -0.25) is 23.5 Å². The number of fused-ring (bicyclic) bond motifs is 1. The molecule has 0 bridgehead atoms. The third-order valence-corrected chi connectivity index (χ3v) is 7.28. The maximum atomic E-state index is 15.1. The third kappa shape index (κ3) is 5.41. The summed E-state index contributed by atoms with van der Waals surface area (Å²) in [5, 5.41) is 12.5. The summed E-state index contributed by atoms with van der Waals surface area (Å²) < 4.78 is 17.8. The SMILES string of the molecule is CC(=O)N(CCn1c(=O)c2cc(F)c(NC3CCCCC3)cc2n(C2CCCC2)c1=O)CC(=O)O. The topological polar surface area (TPSA) is 114 Å². The number of carbonyl (C=O) groups excluding carboxylic acids is 1. The van der Waals surface area contributed by atoms with Crippen LogP contribution in [0.1, 0.15) is 70.8 Å². The minimum atomic E-state index is -1.19. The van der Waals surface area contributed by atoms with Crippen molar-refractivity contribution < 1.29 is 19.1 Å². The molecule has 0 radical (unpaired) electrons. The number of carboxylic acids is 1. The Hall–Kier alpha value is -3.17. The van der Waals surface area contributed by atoms with Crippen molar-refractivity contribution in [3.8, 4) is 0 Å². The maximum absolute atomic E-state index is 15.1. The molecule has 10 heteroatoms. The van der Waals surface area contributed by atoms with Crippen molar-refractivity contribution in [3.05, 3.63) is 38.8 Å². The Labute approximate surface area is 202 Å². The average Bonchev–Trinajstić information content (AvgIpc) is 3.34. The minimum Gasteiger partial charge on any atom is -0.480 e. The van der Waals surface area contributed by atoms with Crippen LogP contribution in [0, 0.1) is 5.82 Å². The molecule has 35 heavy (non-hydrogen) atoms. The van der Waals surface area contributed by atoms with Gasteiger partial charge in [0.25, 0.3) is 5.56 Å². The van der Waals surface area contributed by atoms with E-state index in [2.05, 4.69) is 5.32 Å². The summed E-state index contributed by atoms with van der Waals surface area (Å²) in [5.41, 5.74) is -0.432. The number of anilines is 1. The van der Waals surface area contributed by atoms with Crippen LogP contribution >= 0.6 is 0 Å². The van der Waals surface area contributed by atoms with Gasteiger partial charge in [-0.25, -0.2) is 9.18 Å². The van der Waals surface area contributed by atoms with Crippen LogP contribution in [-0.4, -0.2) is 50.1 Å². The molecular weight excluding hydrogens is 455 g/mol. The van der Waals surface area contributed by atoms with Crippen molar-refractivity contribution in [1.82, 2.24) is 14.0 Å². The van der Waals surface area contributed by atoms with E-state index in [9.17, 15) is 19.2 Å². The number of amides is 1. The first-order valence-electron chi connectivity index (χ1n) is 12.5. The zero-order valence-electron chi connectivity index (χ0n) is 20.1. The molecule has 4 rings (SSSR count). The van der Waals surface area contributed by atoms with Crippen LogP contribution < -0.4 is 16.6 Å². The van der Waals surface area contributed by atoms with Crippen LogP contribution in [0.15, 0.2) is 21.7 Å². The van der Waals surface area contributed by atoms with E-state index in [1.165, 1.54) is 19.4 Å². The molecule has 2 aromatic rings. The van der Waals surface area contributed by atoms with E-state index in [0.29, 0.717) is 11.2 Å². The van der Waals surface area contributed by atoms with Gasteiger partial charge in [-0.1, -0.05) is 32.1 Å². The fourth-order valence-corrected chi connectivity index (χ4v) is 5.42. The summed E-state index contributed by atoms with van der Waals surface area (Å²) in [5.74, 6) is -2.20. The molecular formula is C25H33FN4O5. The first-order valence-corrected chi connectivity index (χ1v) is 12.5. The van der Waals surface area contributed by atoms with Gasteiger partial charge in [0.2, 0.25) is 5.91 Å². The summed E-state index contributed by atoms with van der Waals surface area (Å²) in [6.07, 6.45) is 8.75. The van der Waals surface area contributed by atoms with E-state index < -0.39 is 35.5 Å². The van der Waals surface area contributed by atoms with Crippen molar-refractivity contribution >= 4 is 28.5 Å². The van der Waals surface area contributed by atoms with E-state index in [0.717, 1.165) is 60.8 Å². The lowest BCUT2D eigenvalue weighted by molar-refractivity contribution is -0.143. The Kier molecular flexibility index (Phi) is 7.57. The standard InChI is InChI=1S/C25H33FN4O5/c1-16(31)28(15-23(32)33)11-12-29-24(34)19-13-20(26)21(27-17-7-3-2-4-8-17)14-22(19)30(25(29)35)18-9-5-6-10-18/h13-14,17-18,27H,2-12,15H2,1H3,(H,32,33). The van der Waals surface area contributed by atoms with Gasteiger partial charge in [0, 0.05) is 32.1 Å². The van der Waals surface area contributed by atoms with E-state index in [4.69, 9.17) is 5.11 Å². The highest BCUT2D eigenvalue weighted by Gasteiger charge is 2.25. The lowest BCUT2D eigenvalue weighted by Crippen LogP contribution is -2.45. The highest BCUT2D eigenvalue weighted by Crippen LogP contribution is 2.32. The quantitative estimate of drug-likeness (QED) is 0.590. The molecule has 1 amide bonds. The van der Waals surface area contributed by atoms with Crippen molar-refractivity contribution in [2.24, 2.45) is 0 Å². The summed E-state index contributed by atoms with van der Waals surface area (Å²) in [6.45, 7) is 0.423. The summed E-state index contributed by atoms with van der Waals surface area (Å²) in [6, 6.07) is 2.85. The number of nitrogens with zero attached hydrogens (tertiary/aromatic N) is 3. The molecule has 1 aromatic carbocycles. The van der Waals surface area contributed by atoms with Gasteiger partial charge in [0.1, 0.15) is 12.4 Å². The number of aromatic nitrogens is 2. The highest BCUT2D eigenvalue weighted by molar-refractivity contribution is 5.82. The van der Waals surface area contributed by atoms with Crippen LogP contribution in [0.25, 0.3) is 10.9 Å². The highest BCUT2D eigenvalue weighted by atomic mass is 19.1. The van der Waals surface area contributed by atoms with Gasteiger partial charge in [-0.15, -0.1) is 0 Å². The summed E-state index contributed by atoms with van der Waals surface area (Å²) >= 11 is 0. The normalized spacial score (nSPS) is 17.1. The van der Waals surface area contributed by atoms with E-state index in [1.54, 1.807) is 10.6 Å². The van der Waals surface area contributed by atoms with Crippen LogP contribution in [-0.2, 0) is 16.1 Å². The smallest absolute Gasteiger partial charge is 0.331 e. The monoisotopic (exact) mass is 488 g/mol. The molecule has 2 saturated carbocycles. The molecule has 0 saturated heterocycles. The van der Waals surface area contributed by atoms with Crippen LogP contribution in [0.5, 0.6) is 0 Å². The molecule has 0 atom stereocenters. The third-order valence-electron chi connectivity index (χ3n) is 7.28. The number of aliphatic carboxylic acids is 1. The second-order valence-corrected chi connectivity index (χ2v) is 9.71. The lowest BCUT2D eigenvalue weighted by Gasteiger charge is -2.25. The molecule has 2 aliphatic rings. The van der Waals surface area contributed by atoms with Crippen molar-refractivity contribution in [1.29, 1.82) is 0 Å². The Bertz CT molecular complexity index is 1230. The predicted octanol–water partition coefficient (Wildman–Crippen LogP) is 3.10. The summed E-state index contributed by atoms with van der Waals surface area (Å²) in [4.78, 5) is 50.9. The van der Waals surface area contributed by atoms with Gasteiger partial charge in [-0.05, 0) is 37.8 Å². The molecule has 1 aromatic heterocycles. The van der Waals surface area contributed by atoms with E-state index in [-0.39, 0.29) is 30.6 Å². The van der Waals surface area contributed by atoms with Gasteiger partial charge >= 0.3 is 11.7 Å². The van der Waals surface area contributed by atoms with Gasteiger partial charge < -0.3 is 15.3 Å². The van der Waals surface area contributed by atoms with Crippen molar-refractivity contribution in [2.75, 3.05) is 18.4 Å². The van der Waals surface area contributed by atoms with Crippen molar-refractivity contribution in [3.63, 3.8) is 0 Å². The number of halogens is 1. The molecule has 2 N–H and O–H groups in total. The number of rotatable bonds is 8. The second-order valence-electron chi connectivity index (χ2n) is 9.71. The molecule has 2 aliphatic carbocycles. The molecule has 0 spiro atoms. The molecule has 0 aliphatic heterocycles. The summed E-state index contributed by atoms with van der Waals surface area (Å²) in [7, 11) is 0. The minimum absolute atomic E-state index is 0.104. The molecule has 0 unspecified atom stereocenters. The fraction of sp³-hybridized carbons (Fsp3) is 0.600. The van der Waals surface area contributed by atoms with Gasteiger partial charge in [-0.2, -0.15) is 0 Å². The molecule has 9 nitrogen and oxygen atoms in total. The predicted molar refractivity (Wildman–Crippen MR) is 130 cm³/mol. The second kappa shape index (κ2) is 10.6. The number of carbonyl (C=O) groups is 2. The van der Waals surface area contributed by atoms with Crippen LogP contribution in [0.4, 0.5) is 10.1 Å². The average molecular weight is 489 g/mol. The first-order chi connectivity index (χ1) is 16.8. The molecule has 190 valence electrons.